The average molecular weight is 406 g/mol. The van der Waals surface area contributed by atoms with E-state index in [0.717, 1.165) is 41.4 Å². The second kappa shape index (κ2) is 8.17. The number of nitrogens with one attached hydrogen (secondary N) is 1. The van der Waals surface area contributed by atoms with Crippen molar-refractivity contribution in [2.45, 2.75) is 19.3 Å². The summed E-state index contributed by atoms with van der Waals surface area (Å²) in [7, 11) is 3.25. The lowest BCUT2D eigenvalue weighted by Crippen LogP contribution is -2.37. The van der Waals surface area contributed by atoms with Gasteiger partial charge in [-0.3, -0.25) is 9.59 Å². The van der Waals surface area contributed by atoms with Crippen LogP contribution >= 0.6 is 11.3 Å². The van der Waals surface area contributed by atoms with Crippen molar-refractivity contribution in [3.8, 4) is 0 Å². The molecule has 0 saturated heterocycles. The molecule has 0 unspecified atom stereocenters. The number of thiophene rings is 1. The number of hydrogen-bond acceptors (Lipinski definition) is 4. The van der Waals surface area contributed by atoms with Crippen LogP contribution in [-0.2, 0) is 11.2 Å². The van der Waals surface area contributed by atoms with Crippen molar-refractivity contribution in [2.24, 2.45) is 0 Å². The summed E-state index contributed by atoms with van der Waals surface area (Å²) in [6, 6.07) is 11.9. The molecule has 2 heterocycles. The van der Waals surface area contributed by atoms with E-state index in [9.17, 15) is 9.59 Å². The largest absolute Gasteiger partial charge is 0.358 e. The molecule has 2 amide bonds. The van der Waals surface area contributed by atoms with Crippen LogP contribution in [0.5, 0.6) is 0 Å². The normalized spacial score (nSPS) is 14.6. The minimum atomic E-state index is -0.189. The van der Waals surface area contributed by atoms with E-state index in [1.165, 1.54) is 15.4 Å². The number of fused-ring (bicyclic) bond motifs is 2. The van der Waals surface area contributed by atoms with Gasteiger partial charge in [-0.2, -0.15) is 0 Å². The zero-order valence-electron chi connectivity index (χ0n) is 16.6. The number of aromatic nitrogens is 1. The van der Waals surface area contributed by atoms with E-state index in [4.69, 9.17) is 4.98 Å². The number of pyridine rings is 1. The highest BCUT2D eigenvalue weighted by Gasteiger charge is 2.27. The molecule has 2 aromatic heterocycles. The van der Waals surface area contributed by atoms with Crippen molar-refractivity contribution in [3.63, 3.8) is 0 Å². The highest BCUT2D eigenvalue weighted by Crippen LogP contribution is 2.36. The molecule has 0 spiro atoms. The van der Waals surface area contributed by atoms with E-state index in [-0.39, 0.29) is 18.4 Å². The van der Waals surface area contributed by atoms with Crippen molar-refractivity contribution >= 4 is 45.7 Å². The van der Waals surface area contributed by atoms with Crippen LogP contribution in [0, 0.1) is 0 Å². The number of nitrogens with zero attached hydrogens (tertiary/aromatic N) is 2. The Morgan fingerprint density at radius 3 is 2.79 bits per heavy atom. The molecular formula is C23H23N3O2S. The second-order valence-electron chi connectivity index (χ2n) is 7.20. The zero-order valence-corrected chi connectivity index (χ0v) is 17.4. The highest BCUT2D eigenvalue weighted by molar-refractivity contribution is 7.10. The van der Waals surface area contributed by atoms with Gasteiger partial charge in [0.2, 0.25) is 5.91 Å². The zero-order chi connectivity index (χ0) is 20.4. The molecule has 6 heteroatoms. The number of likely N-dealkylation sites (N-methyl/N-ethyl adjacent to an activating group) is 2. The van der Waals surface area contributed by atoms with Crippen LogP contribution in [0.1, 0.15) is 39.3 Å². The molecule has 148 valence electrons. The fraction of sp³-hybridized carbons (Fsp3) is 0.261. The predicted molar refractivity (Wildman–Crippen MR) is 118 cm³/mol. The summed E-state index contributed by atoms with van der Waals surface area (Å²) in [5.41, 5.74) is 4.56. The van der Waals surface area contributed by atoms with Gasteiger partial charge in [0.1, 0.15) is 0 Å². The Morgan fingerprint density at radius 2 is 2.03 bits per heavy atom. The molecule has 29 heavy (non-hydrogen) atoms. The van der Waals surface area contributed by atoms with E-state index >= 15 is 0 Å². The first kappa shape index (κ1) is 19.3. The minimum Gasteiger partial charge on any atom is -0.358 e. The molecule has 0 saturated carbocycles. The summed E-state index contributed by atoms with van der Waals surface area (Å²) in [5.74, 6) is -0.327. The van der Waals surface area contributed by atoms with E-state index < -0.39 is 0 Å². The van der Waals surface area contributed by atoms with Gasteiger partial charge in [-0.15, -0.1) is 11.3 Å². The standard InChI is InChI=1S/C23H23N3O2S/c1-24-20(27)14-26(2)23(28)21-17-9-3-4-11-19(17)25-22-15(7-5-10-18(21)22)13-16-8-6-12-29-16/h3-4,6,8-9,11-13H,5,7,10,14H2,1-2H3,(H,24,27)/b15-13-. The fourth-order valence-corrected chi connectivity index (χ4v) is 4.50. The Balaban J connectivity index is 1.88. The number of carbonyl (C=O) groups is 2. The van der Waals surface area contributed by atoms with Crippen LogP contribution in [0.15, 0.2) is 41.8 Å². The maximum atomic E-state index is 13.4. The number of para-hydroxylation sites is 1. The molecule has 3 aromatic rings. The van der Waals surface area contributed by atoms with Gasteiger partial charge in [-0.05, 0) is 54.0 Å². The van der Waals surface area contributed by atoms with Gasteiger partial charge >= 0.3 is 0 Å². The van der Waals surface area contributed by atoms with Crippen LogP contribution < -0.4 is 5.32 Å². The molecule has 1 aromatic carbocycles. The summed E-state index contributed by atoms with van der Waals surface area (Å²) >= 11 is 1.70. The van der Waals surface area contributed by atoms with Gasteiger partial charge in [0.05, 0.1) is 23.3 Å². The molecule has 0 radical (unpaired) electrons. The van der Waals surface area contributed by atoms with Gasteiger partial charge in [-0.1, -0.05) is 24.3 Å². The van der Waals surface area contributed by atoms with Crippen molar-refractivity contribution in [3.05, 3.63) is 63.5 Å². The minimum absolute atomic E-state index is 0.0264. The van der Waals surface area contributed by atoms with E-state index in [2.05, 4.69) is 22.8 Å². The third kappa shape index (κ3) is 3.80. The molecular weight excluding hydrogens is 382 g/mol. The lowest BCUT2D eigenvalue weighted by Gasteiger charge is -2.25. The smallest absolute Gasteiger partial charge is 0.255 e. The Bertz CT molecular complexity index is 1100. The van der Waals surface area contributed by atoms with Crippen molar-refractivity contribution in [2.75, 3.05) is 20.6 Å². The Labute approximate surface area is 174 Å². The SMILES string of the molecule is CNC(=O)CN(C)C(=O)c1c2c(nc3ccccc13)/C(=C\c1cccs1)CCC2. The molecule has 0 atom stereocenters. The van der Waals surface area contributed by atoms with Crippen LogP contribution in [0.2, 0.25) is 0 Å². The summed E-state index contributed by atoms with van der Waals surface area (Å²) in [5, 5.41) is 5.49. The quantitative estimate of drug-likeness (QED) is 0.714. The first-order valence-electron chi connectivity index (χ1n) is 9.70. The Hall–Kier alpha value is -2.99. The van der Waals surface area contributed by atoms with Crippen molar-refractivity contribution < 1.29 is 9.59 Å². The van der Waals surface area contributed by atoms with Gasteiger partial charge in [0, 0.05) is 24.4 Å². The number of allylic oxidation sites excluding steroid dienone is 1. The van der Waals surface area contributed by atoms with Gasteiger partial charge < -0.3 is 10.2 Å². The van der Waals surface area contributed by atoms with E-state index in [1.54, 1.807) is 25.4 Å². The predicted octanol–water partition coefficient (Wildman–Crippen LogP) is 3.99. The first-order valence-corrected chi connectivity index (χ1v) is 10.6. The molecule has 0 bridgehead atoms. The maximum Gasteiger partial charge on any atom is 0.255 e. The maximum absolute atomic E-state index is 13.4. The van der Waals surface area contributed by atoms with Crippen molar-refractivity contribution in [1.82, 2.24) is 15.2 Å². The molecule has 0 fully saturated rings. The Kier molecular flexibility index (Phi) is 5.45. The number of benzene rings is 1. The molecule has 5 nitrogen and oxygen atoms in total. The summed E-state index contributed by atoms with van der Waals surface area (Å²) in [6.45, 7) is 0.0264. The van der Waals surface area contributed by atoms with Crippen LogP contribution in [0.4, 0.5) is 0 Å². The number of amides is 2. The van der Waals surface area contributed by atoms with Crippen molar-refractivity contribution in [1.29, 1.82) is 0 Å². The molecule has 1 aliphatic rings. The van der Waals surface area contributed by atoms with Crippen LogP contribution in [0.3, 0.4) is 0 Å². The topological polar surface area (TPSA) is 62.3 Å². The number of carbonyl (C=O) groups excluding carboxylic acids is 2. The number of rotatable bonds is 4. The lowest BCUT2D eigenvalue weighted by molar-refractivity contribution is -0.121. The van der Waals surface area contributed by atoms with E-state index in [0.29, 0.717) is 5.56 Å². The summed E-state index contributed by atoms with van der Waals surface area (Å²) < 4.78 is 0. The van der Waals surface area contributed by atoms with Gasteiger partial charge in [0.15, 0.2) is 0 Å². The van der Waals surface area contributed by atoms with Gasteiger partial charge in [0.25, 0.3) is 5.91 Å². The third-order valence-electron chi connectivity index (χ3n) is 5.25. The fourth-order valence-electron chi connectivity index (χ4n) is 3.82. The number of hydrogen-bond donors (Lipinski definition) is 1. The molecule has 0 aliphatic heterocycles. The molecule has 4 rings (SSSR count). The van der Waals surface area contributed by atoms with E-state index in [1.807, 2.05) is 30.3 Å². The molecule has 1 aliphatic carbocycles. The third-order valence-corrected chi connectivity index (χ3v) is 6.07. The van der Waals surface area contributed by atoms with Gasteiger partial charge in [-0.25, -0.2) is 4.98 Å². The summed E-state index contributed by atoms with van der Waals surface area (Å²) in [6.07, 6.45) is 4.92. The van der Waals surface area contributed by atoms with Crippen LogP contribution in [-0.4, -0.2) is 42.3 Å². The Morgan fingerprint density at radius 1 is 1.21 bits per heavy atom. The monoisotopic (exact) mass is 405 g/mol. The summed E-state index contributed by atoms with van der Waals surface area (Å²) in [4.78, 5) is 32.8. The second-order valence-corrected chi connectivity index (χ2v) is 8.18. The average Bonchev–Trinajstić information content (AvgIpc) is 3.25. The highest BCUT2D eigenvalue weighted by atomic mass is 32.1. The molecule has 1 N–H and O–H groups in total. The van der Waals surface area contributed by atoms with Crippen LogP contribution in [0.25, 0.3) is 22.6 Å². The lowest BCUT2D eigenvalue weighted by atomic mass is 9.86. The first-order chi connectivity index (χ1) is 14.1.